The fraction of sp³-hybridized carbons (Fsp3) is 0.583. The predicted molar refractivity (Wildman–Crippen MR) is 71.0 cm³/mol. The maximum absolute atomic E-state index is 5.87. The Morgan fingerprint density at radius 2 is 2.44 bits per heavy atom. The van der Waals surface area contributed by atoms with E-state index in [0.29, 0.717) is 18.4 Å². The predicted octanol–water partition coefficient (Wildman–Crippen LogP) is 1.77. The van der Waals surface area contributed by atoms with Gasteiger partial charge in [-0.25, -0.2) is 9.97 Å². The number of aromatic nitrogens is 3. The van der Waals surface area contributed by atoms with E-state index in [4.69, 9.17) is 4.74 Å². The van der Waals surface area contributed by atoms with E-state index >= 15 is 0 Å². The molecule has 0 aliphatic carbocycles. The molecule has 1 aliphatic rings. The van der Waals surface area contributed by atoms with Crippen molar-refractivity contribution in [2.45, 2.75) is 19.8 Å². The van der Waals surface area contributed by atoms with Crippen LogP contribution in [0, 0.1) is 12.8 Å². The van der Waals surface area contributed by atoms with Crippen molar-refractivity contribution in [3.8, 4) is 5.88 Å². The summed E-state index contributed by atoms with van der Waals surface area (Å²) in [4.78, 5) is 9.35. The minimum absolute atomic E-state index is 0.579. The molecule has 96 valence electrons. The lowest BCUT2D eigenvalue weighted by Crippen LogP contribution is -2.33. The first-order valence-electron chi connectivity index (χ1n) is 6.25. The molecule has 0 bridgehead atoms. The molecule has 2 aromatic heterocycles. The van der Waals surface area contributed by atoms with Crippen molar-refractivity contribution in [3.05, 3.63) is 12.0 Å². The van der Waals surface area contributed by atoms with Crippen LogP contribution in [0.4, 0.5) is 0 Å². The summed E-state index contributed by atoms with van der Waals surface area (Å²) < 4.78 is 10.2. The van der Waals surface area contributed by atoms with Gasteiger partial charge in [-0.1, -0.05) is 0 Å². The van der Waals surface area contributed by atoms with E-state index in [0.717, 1.165) is 29.0 Å². The molecule has 0 spiro atoms. The van der Waals surface area contributed by atoms with Gasteiger partial charge >= 0.3 is 0 Å². The second-order valence-corrected chi connectivity index (χ2v) is 5.40. The highest BCUT2D eigenvalue weighted by Gasteiger charge is 2.16. The lowest BCUT2D eigenvalue weighted by molar-refractivity contribution is 0.214. The van der Waals surface area contributed by atoms with Crippen LogP contribution >= 0.6 is 11.5 Å². The Balaban J connectivity index is 1.75. The van der Waals surface area contributed by atoms with E-state index in [-0.39, 0.29) is 0 Å². The first-order valence-corrected chi connectivity index (χ1v) is 7.02. The highest BCUT2D eigenvalue weighted by molar-refractivity contribution is 7.13. The van der Waals surface area contributed by atoms with E-state index in [1.165, 1.54) is 24.4 Å². The standard InChI is InChI=1S/C12H16N4OS/c1-8-10-11(14-7-15-12(10)18-16-8)17-6-9-3-2-4-13-5-9/h7,9,13H,2-6H2,1H3. The third kappa shape index (κ3) is 2.30. The van der Waals surface area contributed by atoms with Crippen LogP contribution in [0.2, 0.25) is 0 Å². The largest absolute Gasteiger partial charge is 0.477 e. The normalized spacial score (nSPS) is 20.2. The number of piperidine rings is 1. The van der Waals surface area contributed by atoms with Gasteiger partial charge in [0.15, 0.2) is 4.83 Å². The van der Waals surface area contributed by atoms with Crippen molar-refractivity contribution < 1.29 is 4.74 Å². The average molecular weight is 264 g/mol. The molecule has 0 amide bonds. The summed E-state index contributed by atoms with van der Waals surface area (Å²) in [6.45, 7) is 4.85. The number of hydrogen-bond acceptors (Lipinski definition) is 6. The number of hydrogen-bond donors (Lipinski definition) is 1. The summed E-state index contributed by atoms with van der Waals surface area (Å²) in [5.74, 6) is 1.26. The van der Waals surface area contributed by atoms with Crippen molar-refractivity contribution >= 4 is 21.7 Å². The van der Waals surface area contributed by atoms with Gasteiger partial charge in [0, 0.05) is 12.5 Å². The van der Waals surface area contributed by atoms with Gasteiger partial charge in [0.1, 0.15) is 6.33 Å². The Morgan fingerprint density at radius 1 is 1.50 bits per heavy atom. The molecule has 5 nitrogen and oxygen atoms in total. The molecule has 0 saturated carbocycles. The summed E-state index contributed by atoms with van der Waals surface area (Å²) in [7, 11) is 0. The van der Waals surface area contributed by atoms with Gasteiger partial charge in [-0.05, 0) is 37.8 Å². The Labute approximate surface area is 110 Å². The molecule has 3 heterocycles. The second kappa shape index (κ2) is 5.16. The molecule has 1 N–H and O–H groups in total. The number of ether oxygens (including phenoxy) is 1. The molecule has 0 radical (unpaired) electrons. The number of nitrogens with one attached hydrogen (secondary N) is 1. The molecule has 18 heavy (non-hydrogen) atoms. The first-order chi connectivity index (χ1) is 8.84. The van der Waals surface area contributed by atoms with Crippen molar-refractivity contribution in [2.75, 3.05) is 19.7 Å². The van der Waals surface area contributed by atoms with Crippen LogP contribution in [0.15, 0.2) is 6.33 Å². The van der Waals surface area contributed by atoms with Crippen LogP contribution in [0.5, 0.6) is 5.88 Å². The lowest BCUT2D eigenvalue weighted by Gasteiger charge is -2.22. The van der Waals surface area contributed by atoms with Crippen molar-refractivity contribution in [2.24, 2.45) is 5.92 Å². The third-order valence-electron chi connectivity index (χ3n) is 3.26. The highest BCUT2D eigenvalue weighted by atomic mass is 32.1. The first kappa shape index (κ1) is 11.8. The molecule has 1 aliphatic heterocycles. The summed E-state index contributed by atoms with van der Waals surface area (Å²) in [6, 6.07) is 0. The highest BCUT2D eigenvalue weighted by Crippen LogP contribution is 2.27. The third-order valence-corrected chi connectivity index (χ3v) is 4.11. The van der Waals surface area contributed by atoms with E-state index in [2.05, 4.69) is 19.7 Å². The molecule has 1 atom stereocenters. The minimum atomic E-state index is 0.579. The fourth-order valence-electron chi connectivity index (χ4n) is 2.26. The van der Waals surface area contributed by atoms with Gasteiger partial charge in [-0.2, -0.15) is 4.37 Å². The number of aryl methyl sites for hydroxylation is 1. The lowest BCUT2D eigenvalue weighted by atomic mass is 10.0. The second-order valence-electron chi connectivity index (χ2n) is 4.65. The molecule has 0 aromatic carbocycles. The van der Waals surface area contributed by atoms with Crippen LogP contribution in [-0.4, -0.2) is 34.0 Å². The molecule has 6 heteroatoms. The minimum Gasteiger partial charge on any atom is -0.477 e. The van der Waals surface area contributed by atoms with Gasteiger partial charge in [0.2, 0.25) is 5.88 Å². The molecule has 1 saturated heterocycles. The van der Waals surface area contributed by atoms with Gasteiger partial charge in [0.05, 0.1) is 17.7 Å². The summed E-state index contributed by atoms with van der Waals surface area (Å²) >= 11 is 1.40. The van der Waals surface area contributed by atoms with E-state index in [1.54, 1.807) is 6.33 Å². The molecule has 1 unspecified atom stereocenters. The zero-order valence-electron chi connectivity index (χ0n) is 10.3. The van der Waals surface area contributed by atoms with E-state index < -0.39 is 0 Å². The van der Waals surface area contributed by atoms with Crippen LogP contribution < -0.4 is 10.1 Å². The van der Waals surface area contributed by atoms with Gasteiger partial charge in [-0.3, -0.25) is 0 Å². The zero-order valence-corrected chi connectivity index (χ0v) is 11.2. The molecular weight excluding hydrogens is 248 g/mol. The van der Waals surface area contributed by atoms with Gasteiger partial charge in [0.25, 0.3) is 0 Å². The number of nitrogens with zero attached hydrogens (tertiary/aromatic N) is 3. The Bertz CT molecular complexity index is 536. The summed E-state index contributed by atoms with van der Waals surface area (Å²) in [6.07, 6.45) is 4.00. The van der Waals surface area contributed by atoms with Crippen LogP contribution in [-0.2, 0) is 0 Å². The molecular formula is C12H16N4OS. The smallest absolute Gasteiger partial charge is 0.227 e. The van der Waals surface area contributed by atoms with Crippen LogP contribution in [0.3, 0.4) is 0 Å². The van der Waals surface area contributed by atoms with Gasteiger partial charge in [-0.15, -0.1) is 0 Å². The maximum atomic E-state index is 5.87. The SMILES string of the molecule is Cc1nsc2ncnc(OCC3CCCNC3)c12. The molecule has 3 rings (SSSR count). The van der Waals surface area contributed by atoms with Crippen LogP contribution in [0.1, 0.15) is 18.5 Å². The maximum Gasteiger partial charge on any atom is 0.227 e. The summed E-state index contributed by atoms with van der Waals surface area (Å²) in [5.41, 5.74) is 0.951. The van der Waals surface area contributed by atoms with Gasteiger partial charge < -0.3 is 10.1 Å². The average Bonchev–Trinajstić information content (AvgIpc) is 2.80. The molecule has 2 aromatic rings. The Kier molecular flexibility index (Phi) is 3.38. The zero-order chi connectivity index (χ0) is 12.4. The van der Waals surface area contributed by atoms with Crippen LogP contribution in [0.25, 0.3) is 10.2 Å². The Morgan fingerprint density at radius 3 is 3.28 bits per heavy atom. The number of rotatable bonds is 3. The summed E-state index contributed by atoms with van der Waals surface area (Å²) in [5, 5.41) is 4.36. The monoisotopic (exact) mass is 264 g/mol. The van der Waals surface area contributed by atoms with E-state index in [1.807, 2.05) is 6.92 Å². The quantitative estimate of drug-likeness (QED) is 0.915. The Hall–Kier alpha value is -1.27. The number of fused-ring (bicyclic) bond motifs is 1. The molecule has 1 fully saturated rings. The van der Waals surface area contributed by atoms with Crippen molar-refractivity contribution in [1.29, 1.82) is 0 Å². The fourth-order valence-corrected chi connectivity index (χ4v) is 3.00. The van der Waals surface area contributed by atoms with E-state index in [9.17, 15) is 0 Å². The van der Waals surface area contributed by atoms with Crippen molar-refractivity contribution in [3.63, 3.8) is 0 Å². The van der Waals surface area contributed by atoms with Crippen molar-refractivity contribution in [1.82, 2.24) is 19.7 Å². The topological polar surface area (TPSA) is 59.9 Å².